The largest absolute Gasteiger partial charge is 0.356 e. The molecule has 1 fully saturated rings. The van der Waals surface area contributed by atoms with E-state index in [0.717, 1.165) is 19.3 Å². The quantitative estimate of drug-likeness (QED) is 0.222. The Labute approximate surface area is 178 Å². The lowest BCUT2D eigenvalue weighted by atomic mass is 9.88. The first-order valence-corrected chi connectivity index (χ1v) is 11.3. The van der Waals surface area contributed by atoms with E-state index < -0.39 is 10.0 Å². The van der Waals surface area contributed by atoms with Gasteiger partial charge in [-0.15, -0.1) is 35.3 Å². The fourth-order valence-corrected chi connectivity index (χ4v) is 4.70. The van der Waals surface area contributed by atoms with Crippen molar-refractivity contribution in [3.8, 4) is 0 Å². The fourth-order valence-electron chi connectivity index (χ4n) is 3.25. The molecule has 0 bridgehead atoms. The number of sulfonamides is 1. The van der Waals surface area contributed by atoms with Gasteiger partial charge in [0, 0.05) is 37.6 Å². The number of likely N-dealkylation sites (tertiary alicyclic amines) is 1. The standard InChI is InChI=1S/C16H29N5O2S2.HI/c1-17-16(18-8-9-20-25(3,22)23)19-12-13-6-4-10-21(2)15(13)14-7-5-11-24-14;/h5,7,11,13,15,20H,4,6,8-10,12H2,1-3H3,(H2,17,18,19);1H. The molecule has 1 aromatic rings. The van der Waals surface area contributed by atoms with E-state index in [-0.39, 0.29) is 24.0 Å². The van der Waals surface area contributed by atoms with Crippen LogP contribution in [0, 0.1) is 5.92 Å². The Hall–Kier alpha value is -0.430. The number of rotatable bonds is 7. The lowest BCUT2D eigenvalue weighted by molar-refractivity contribution is 0.125. The molecule has 2 heterocycles. The van der Waals surface area contributed by atoms with Crippen LogP contribution in [0.1, 0.15) is 23.8 Å². The van der Waals surface area contributed by atoms with Crippen LogP contribution in [0.2, 0.25) is 0 Å². The minimum Gasteiger partial charge on any atom is -0.356 e. The summed E-state index contributed by atoms with van der Waals surface area (Å²) in [5, 5.41) is 8.67. The summed E-state index contributed by atoms with van der Waals surface area (Å²) < 4.78 is 24.6. The third kappa shape index (κ3) is 7.67. The SMILES string of the molecule is CN=C(NCCNS(C)(=O)=O)NCC1CCCN(C)C1c1cccs1.I. The molecule has 0 aliphatic carbocycles. The molecule has 0 saturated carbocycles. The number of hydrogen-bond acceptors (Lipinski definition) is 5. The predicted molar refractivity (Wildman–Crippen MR) is 120 cm³/mol. The van der Waals surface area contributed by atoms with Crippen molar-refractivity contribution < 1.29 is 8.42 Å². The van der Waals surface area contributed by atoms with E-state index in [1.807, 2.05) is 11.3 Å². The zero-order valence-electron chi connectivity index (χ0n) is 15.6. The minimum absolute atomic E-state index is 0. The van der Waals surface area contributed by atoms with Crippen molar-refractivity contribution in [1.29, 1.82) is 0 Å². The summed E-state index contributed by atoms with van der Waals surface area (Å²) in [7, 11) is 0.769. The number of thiophene rings is 1. The molecule has 2 unspecified atom stereocenters. The number of halogens is 1. The Bertz CT molecular complexity index is 652. The van der Waals surface area contributed by atoms with Crippen LogP contribution in [0.25, 0.3) is 0 Å². The van der Waals surface area contributed by atoms with Gasteiger partial charge in [0.05, 0.1) is 6.26 Å². The van der Waals surface area contributed by atoms with Gasteiger partial charge in [-0.3, -0.25) is 9.89 Å². The van der Waals surface area contributed by atoms with Crippen molar-refractivity contribution in [3.05, 3.63) is 22.4 Å². The van der Waals surface area contributed by atoms with Gasteiger partial charge >= 0.3 is 0 Å². The van der Waals surface area contributed by atoms with Gasteiger partial charge in [-0.1, -0.05) is 6.07 Å². The lowest BCUT2D eigenvalue weighted by Gasteiger charge is -2.39. The second-order valence-electron chi connectivity index (χ2n) is 6.39. The molecule has 7 nitrogen and oxygen atoms in total. The van der Waals surface area contributed by atoms with E-state index in [9.17, 15) is 8.42 Å². The van der Waals surface area contributed by atoms with Crippen LogP contribution in [-0.4, -0.2) is 65.8 Å². The molecule has 26 heavy (non-hydrogen) atoms. The van der Waals surface area contributed by atoms with Gasteiger partial charge in [0.25, 0.3) is 0 Å². The van der Waals surface area contributed by atoms with Crippen molar-refractivity contribution in [3.63, 3.8) is 0 Å². The Morgan fingerprint density at radius 3 is 2.77 bits per heavy atom. The molecular weight excluding hydrogens is 485 g/mol. The zero-order chi connectivity index (χ0) is 18.3. The molecule has 0 spiro atoms. The Balaban J connectivity index is 0.00000338. The highest BCUT2D eigenvalue weighted by molar-refractivity contribution is 14.0. The average Bonchev–Trinajstić information content (AvgIpc) is 3.07. The lowest BCUT2D eigenvalue weighted by Crippen LogP contribution is -2.46. The number of piperidine rings is 1. The highest BCUT2D eigenvalue weighted by Gasteiger charge is 2.31. The van der Waals surface area contributed by atoms with Crippen LogP contribution >= 0.6 is 35.3 Å². The number of guanidine groups is 1. The molecule has 0 amide bonds. The van der Waals surface area contributed by atoms with Crippen molar-refractivity contribution in [2.75, 3.05) is 46.5 Å². The molecule has 3 N–H and O–H groups in total. The molecule has 1 aromatic heterocycles. The second-order valence-corrected chi connectivity index (χ2v) is 9.20. The second kappa shape index (κ2) is 11.4. The van der Waals surface area contributed by atoms with Crippen LogP contribution in [0.3, 0.4) is 0 Å². The fraction of sp³-hybridized carbons (Fsp3) is 0.688. The molecular formula is C16H30IN5O2S2. The van der Waals surface area contributed by atoms with E-state index in [1.165, 1.54) is 17.7 Å². The van der Waals surface area contributed by atoms with Crippen LogP contribution in [-0.2, 0) is 10.0 Å². The molecule has 150 valence electrons. The first kappa shape index (κ1) is 23.6. The van der Waals surface area contributed by atoms with Crippen LogP contribution < -0.4 is 15.4 Å². The summed E-state index contributed by atoms with van der Waals surface area (Å²) in [6, 6.07) is 4.77. The monoisotopic (exact) mass is 515 g/mol. The molecule has 1 aliphatic heterocycles. The number of nitrogens with one attached hydrogen (secondary N) is 3. The highest BCUT2D eigenvalue weighted by Crippen LogP contribution is 2.36. The van der Waals surface area contributed by atoms with Crippen molar-refractivity contribution in [2.24, 2.45) is 10.9 Å². The van der Waals surface area contributed by atoms with Gasteiger partial charge < -0.3 is 10.6 Å². The maximum absolute atomic E-state index is 11.1. The van der Waals surface area contributed by atoms with E-state index >= 15 is 0 Å². The third-order valence-electron chi connectivity index (χ3n) is 4.38. The van der Waals surface area contributed by atoms with Crippen LogP contribution in [0.5, 0.6) is 0 Å². The van der Waals surface area contributed by atoms with Gasteiger partial charge in [-0.2, -0.15) is 0 Å². The van der Waals surface area contributed by atoms with Crippen LogP contribution in [0.15, 0.2) is 22.5 Å². The highest BCUT2D eigenvalue weighted by atomic mass is 127. The summed E-state index contributed by atoms with van der Waals surface area (Å²) in [6.07, 6.45) is 3.55. The van der Waals surface area contributed by atoms with Gasteiger partial charge in [-0.25, -0.2) is 13.1 Å². The summed E-state index contributed by atoms with van der Waals surface area (Å²) in [5.41, 5.74) is 0. The van der Waals surface area contributed by atoms with Crippen molar-refractivity contribution in [1.82, 2.24) is 20.3 Å². The molecule has 2 rings (SSSR count). The topological polar surface area (TPSA) is 85.8 Å². The smallest absolute Gasteiger partial charge is 0.208 e. The normalized spacial score (nSPS) is 21.9. The maximum atomic E-state index is 11.1. The van der Waals surface area contributed by atoms with Crippen molar-refractivity contribution >= 4 is 51.3 Å². The average molecular weight is 515 g/mol. The number of aliphatic imine (C=N–C) groups is 1. The summed E-state index contributed by atoms with van der Waals surface area (Å²) in [4.78, 5) is 8.07. The van der Waals surface area contributed by atoms with Crippen LogP contribution in [0.4, 0.5) is 0 Å². The van der Waals surface area contributed by atoms with Gasteiger partial charge in [-0.05, 0) is 43.8 Å². The van der Waals surface area contributed by atoms with Gasteiger partial charge in [0.1, 0.15) is 0 Å². The zero-order valence-corrected chi connectivity index (χ0v) is 19.5. The maximum Gasteiger partial charge on any atom is 0.208 e. The molecule has 0 aromatic carbocycles. The van der Waals surface area contributed by atoms with E-state index in [1.54, 1.807) is 7.05 Å². The summed E-state index contributed by atoms with van der Waals surface area (Å²) in [5.74, 6) is 1.22. The molecule has 2 atom stereocenters. The predicted octanol–water partition coefficient (Wildman–Crippen LogP) is 1.46. The Morgan fingerprint density at radius 2 is 2.15 bits per heavy atom. The van der Waals surface area contributed by atoms with Gasteiger partial charge in [0.15, 0.2) is 5.96 Å². The van der Waals surface area contributed by atoms with E-state index in [4.69, 9.17) is 0 Å². The molecule has 1 saturated heterocycles. The summed E-state index contributed by atoms with van der Waals surface area (Å²) in [6.45, 7) is 2.80. The number of nitrogens with zero attached hydrogens (tertiary/aromatic N) is 2. The first-order valence-electron chi connectivity index (χ1n) is 8.53. The first-order chi connectivity index (χ1) is 11.9. The van der Waals surface area contributed by atoms with Crippen molar-refractivity contribution in [2.45, 2.75) is 18.9 Å². The Kier molecular flexibility index (Phi) is 10.4. The minimum atomic E-state index is -3.15. The molecule has 1 aliphatic rings. The number of hydrogen-bond donors (Lipinski definition) is 3. The Morgan fingerprint density at radius 1 is 1.38 bits per heavy atom. The van der Waals surface area contributed by atoms with E-state index in [2.05, 4.69) is 49.8 Å². The van der Waals surface area contributed by atoms with E-state index in [0.29, 0.717) is 31.0 Å². The third-order valence-corrected chi connectivity index (χ3v) is 6.05. The molecule has 0 radical (unpaired) electrons. The molecule has 10 heteroatoms. The van der Waals surface area contributed by atoms with Gasteiger partial charge in [0.2, 0.25) is 10.0 Å². The summed E-state index contributed by atoms with van der Waals surface area (Å²) >= 11 is 1.82.